The van der Waals surface area contributed by atoms with Crippen molar-refractivity contribution in [3.8, 4) is 0 Å². The lowest BCUT2D eigenvalue weighted by molar-refractivity contribution is 0.320. The fourth-order valence-corrected chi connectivity index (χ4v) is 2.48. The van der Waals surface area contributed by atoms with E-state index in [0.29, 0.717) is 5.92 Å². The molecule has 1 aromatic heterocycles. The molecule has 0 aliphatic heterocycles. The summed E-state index contributed by atoms with van der Waals surface area (Å²) in [5.74, 6) is 2.52. The van der Waals surface area contributed by atoms with Crippen molar-refractivity contribution in [2.45, 2.75) is 45.1 Å². The number of hydrogen-bond acceptors (Lipinski definition) is 3. The van der Waals surface area contributed by atoms with Gasteiger partial charge in [0, 0.05) is 12.5 Å². The van der Waals surface area contributed by atoms with Crippen molar-refractivity contribution in [3.63, 3.8) is 0 Å². The van der Waals surface area contributed by atoms with Gasteiger partial charge in [0.25, 0.3) is 0 Å². The number of nitrogens with zero attached hydrogens (tertiary/aromatic N) is 3. The van der Waals surface area contributed by atoms with Crippen LogP contribution in [0.5, 0.6) is 0 Å². The highest BCUT2D eigenvalue weighted by atomic mass is 15.3. The van der Waals surface area contributed by atoms with Crippen LogP contribution < -0.4 is 5.73 Å². The van der Waals surface area contributed by atoms with Gasteiger partial charge in [-0.3, -0.25) is 0 Å². The summed E-state index contributed by atoms with van der Waals surface area (Å²) in [4.78, 5) is 0. The van der Waals surface area contributed by atoms with Gasteiger partial charge < -0.3 is 10.3 Å². The van der Waals surface area contributed by atoms with Crippen LogP contribution in [-0.2, 0) is 6.54 Å². The third-order valence-electron chi connectivity index (χ3n) is 3.53. The fraction of sp³-hybridized carbons (Fsp3) is 0.818. The Balaban J connectivity index is 2.01. The molecule has 84 valence electrons. The monoisotopic (exact) mass is 208 g/mol. The van der Waals surface area contributed by atoms with Crippen molar-refractivity contribution < 1.29 is 0 Å². The van der Waals surface area contributed by atoms with Crippen molar-refractivity contribution in [2.24, 2.45) is 11.7 Å². The first-order valence-electron chi connectivity index (χ1n) is 5.93. The van der Waals surface area contributed by atoms with Gasteiger partial charge in [-0.1, -0.05) is 0 Å². The molecule has 0 radical (unpaired) electrons. The van der Waals surface area contributed by atoms with Crippen LogP contribution in [-0.4, -0.2) is 21.3 Å². The molecule has 0 bridgehead atoms. The van der Waals surface area contributed by atoms with Gasteiger partial charge in [0.1, 0.15) is 12.2 Å². The first kappa shape index (κ1) is 10.6. The molecule has 0 amide bonds. The minimum atomic E-state index is 0.607. The maximum atomic E-state index is 5.69. The highest BCUT2D eigenvalue weighted by Gasteiger charge is 2.24. The van der Waals surface area contributed by atoms with E-state index in [2.05, 4.69) is 21.7 Å². The maximum Gasteiger partial charge on any atom is 0.135 e. The average molecular weight is 208 g/mol. The number of aryl methyl sites for hydroxylation is 1. The molecule has 1 aliphatic rings. The zero-order chi connectivity index (χ0) is 10.7. The maximum absolute atomic E-state index is 5.69. The predicted molar refractivity (Wildman–Crippen MR) is 59.4 cm³/mol. The highest BCUT2D eigenvalue weighted by molar-refractivity contribution is 4.98. The molecule has 2 N–H and O–H groups in total. The first-order valence-corrected chi connectivity index (χ1v) is 5.93. The minimum Gasteiger partial charge on any atom is -0.330 e. The molecule has 1 fully saturated rings. The van der Waals surface area contributed by atoms with E-state index in [1.165, 1.54) is 31.5 Å². The SMILES string of the molecule is CCn1cnnc1C1CCC(CN)CC1. The quantitative estimate of drug-likeness (QED) is 0.819. The molecule has 1 heterocycles. The third kappa shape index (κ3) is 2.20. The van der Waals surface area contributed by atoms with E-state index < -0.39 is 0 Å². The van der Waals surface area contributed by atoms with Gasteiger partial charge in [0.15, 0.2) is 0 Å². The van der Waals surface area contributed by atoms with E-state index in [9.17, 15) is 0 Å². The van der Waals surface area contributed by atoms with Crippen LogP contribution in [0.25, 0.3) is 0 Å². The Bertz CT molecular complexity index is 299. The molecule has 1 saturated carbocycles. The van der Waals surface area contributed by atoms with Gasteiger partial charge in [0.05, 0.1) is 0 Å². The van der Waals surface area contributed by atoms with Crippen molar-refractivity contribution >= 4 is 0 Å². The summed E-state index contributed by atoms with van der Waals surface area (Å²) in [5, 5.41) is 8.24. The Morgan fingerprint density at radius 2 is 2.13 bits per heavy atom. The van der Waals surface area contributed by atoms with E-state index in [1.54, 1.807) is 0 Å². The molecule has 1 aromatic rings. The number of rotatable bonds is 3. The second-order valence-corrected chi connectivity index (χ2v) is 4.43. The van der Waals surface area contributed by atoms with Crippen molar-refractivity contribution in [2.75, 3.05) is 6.54 Å². The van der Waals surface area contributed by atoms with Gasteiger partial charge in [-0.15, -0.1) is 10.2 Å². The topological polar surface area (TPSA) is 56.7 Å². The Kier molecular flexibility index (Phi) is 3.36. The molecule has 0 atom stereocenters. The van der Waals surface area contributed by atoms with Gasteiger partial charge in [-0.05, 0) is 45.1 Å². The summed E-state index contributed by atoms with van der Waals surface area (Å²) in [6.45, 7) is 3.95. The van der Waals surface area contributed by atoms with E-state index >= 15 is 0 Å². The lowest BCUT2D eigenvalue weighted by Gasteiger charge is -2.27. The fourth-order valence-electron chi connectivity index (χ4n) is 2.48. The van der Waals surface area contributed by atoms with E-state index in [0.717, 1.165) is 19.0 Å². The largest absolute Gasteiger partial charge is 0.330 e. The van der Waals surface area contributed by atoms with Crippen LogP contribution >= 0.6 is 0 Å². The van der Waals surface area contributed by atoms with Crippen molar-refractivity contribution in [1.82, 2.24) is 14.8 Å². The molecular weight excluding hydrogens is 188 g/mol. The Hall–Kier alpha value is -0.900. The number of aromatic nitrogens is 3. The summed E-state index contributed by atoms with van der Waals surface area (Å²) >= 11 is 0. The molecule has 0 saturated heterocycles. The highest BCUT2D eigenvalue weighted by Crippen LogP contribution is 2.34. The molecule has 2 rings (SSSR count). The summed E-state index contributed by atoms with van der Waals surface area (Å²) in [6.07, 6.45) is 6.78. The Morgan fingerprint density at radius 3 is 2.73 bits per heavy atom. The summed E-state index contributed by atoms with van der Waals surface area (Å²) in [5.41, 5.74) is 5.69. The third-order valence-corrected chi connectivity index (χ3v) is 3.53. The lowest BCUT2D eigenvalue weighted by Crippen LogP contribution is -2.22. The first-order chi connectivity index (χ1) is 7.35. The Morgan fingerprint density at radius 1 is 1.40 bits per heavy atom. The minimum absolute atomic E-state index is 0.607. The molecule has 4 nitrogen and oxygen atoms in total. The van der Waals surface area contributed by atoms with Crippen LogP contribution in [0.3, 0.4) is 0 Å². The summed E-state index contributed by atoms with van der Waals surface area (Å²) in [7, 11) is 0. The zero-order valence-electron chi connectivity index (χ0n) is 9.39. The number of nitrogens with two attached hydrogens (primary N) is 1. The van der Waals surface area contributed by atoms with E-state index in [4.69, 9.17) is 5.73 Å². The molecule has 15 heavy (non-hydrogen) atoms. The number of hydrogen-bond donors (Lipinski definition) is 1. The molecule has 0 spiro atoms. The van der Waals surface area contributed by atoms with Crippen LogP contribution in [0.15, 0.2) is 6.33 Å². The summed E-state index contributed by atoms with van der Waals surface area (Å²) < 4.78 is 2.16. The van der Waals surface area contributed by atoms with E-state index in [-0.39, 0.29) is 0 Å². The van der Waals surface area contributed by atoms with Crippen molar-refractivity contribution in [3.05, 3.63) is 12.2 Å². The molecule has 4 heteroatoms. The lowest BCUT2D eigenvalue weighted by atomic mass is 9.81. The standard InChI is InChI=1S/C11H20N4/c1-2-15-8-13-14-11(15)10-5-3-9(7-12)4-6-10/h8-10H,2-7,12H2,1H3. The normalized spacial score (nSPS) is 26.8. The zero-order valence-corrected chi connectivity index (χ0v) is 9.39. The smallest absolute Gasteiger partial charge is 0.135 e. The van der Waals surface area contributed by atoms with Crippen LogP contribution in [0.1, 0.15) is 44.3 Å². The molecule has 1 aliphatic carbocycles. The van der Waals surface area contributed by atoms with Crippen molar-refractivity contribution in [1.29, 1.82) is 0 Å². The molecule has 0 aromatic carbocycles. The van der Waals surface area contributed by atoms with Gasteiger partial charge in [-0.2, -0.15) is 0 Å². The second-order valence-electron chi connectivity index (χ2n) is 4.43. The van der Waals surface area contributed by atoms with Gasteiger partial charge in [-0.25, -0.2) is 0 Å². The van der Waals surface area contributed by atoms with Crippen LogP contribution in [0, 0.1) is 5.92 Å². The molecular formula is C11H20N4. The van der Waals surface area contributed by atoms with Crippen LogP contribution in [0.2, 0.25) is 0 Å². The van der Waals surface area contributed by atoms with Gasteiger partial charge >= 0.3 is 0 Å². The van der Waals surface area contributed by atoms with Crippen LogP contribution in [0.4, 0.5) is 0 Å². The van der Waals surface area contributed by atoms with Gasteiger partial charge in [0.2, 0.25) is 0 Å². The second kappa shape index (κ2) is 4.75. The summed E-state index contributed by atoms with van der Waals surface area (Å²) in [6, 6.07) is 0. The predicted octanol–water partition coefficient (Wildman–Crippen LogP) is 1.53. The molecule has 0 unspecified atom stereocenters. The van der Waals surface area contributed by atoms with E-state index in [1.807, 2.05) is 6.33 Å². The average Bonchev–Trinajstić information content (AvgIpc) is 2.77. The Labute approximate surface area is 90.9 Å².